The van der Waals surface area contributed by atoms with Crippen LogP contribution in [0, 0.1) is 5.92 Å². The summed E-state index contributed by atoms with van der Waals surface area (Å²) < 4.78 is 0. The summed E-state index contributed by atoms with van der Waals surface area (Å²) >= 11 is 0. The predicted molar refractivity (Wildman–Crippen MR) is 40.3 cm³/mol. The third-order valence-corrected chi connectivity index (χ3v) is 1.31. The second-order valence-corrected chi connectivity index (χ2v) is 3.18. The van der Waals surface area contributed by atoms with E-state index in [1.165, 1.54) is 0 Å². The van der Waals surface area contributed by atoms with Crippen molar-refractivity contribution in [3.8, 4) is 0 Å². The molecule has 0 spiro atoms. The highest BCUT2D eigenvalue weighted by Gasteiger charge is 2.20. The van der Waals surface area contributed by atoms with Crippen molar-refractivity contribution >= 4 is 0 Å². The monoisotopic (exact) mass is 147 g/mol. The first kappa shape index (κ1) is 9.88. The molecule has 0 unspecified atom stereocenters. The molecule has 0 aliphatic carbocycles. The average molecular weight is 147 g/mol. The van der Waals surface area contributed by atoms with Crippen molar-refractivity contribution < 1.29 is 10.2 Å². The van der Waals surface area contributed by atoms with E-state index < -0.39 is 5.72 Å². The van der Waals surface area contributed by atoms with Crippen molar-refractivity contribution in [2.45, 2.75) is 32.4 Å². The van der Waals surface area contributed by atoms with Gasteiger partial charge < -0.3 is 15.9 Å². The second kappa shape index (κ2) is 3.91. The van der Waals surface area contributed by atoms with E-state index in [-0.39, 0.29) is 13.0 Å². The number of rotatable bonds is 4. The molecule has 0 heterocycles. The maximum Gasteiger partial charge on any atom is 0.116 e. The van der Waals surface area contributed by atoms with Gasteiger partial charge in [0.15, 0.2) is 0 Å². The van der Waals surface area contributed by atoms with E-state index in [2.05, 4.69) is 0 Å². The molecule has 0 radical (unpaired) electrons. The zero-order valence-corrected chi connectivity index (χ0v) is 6.67. The number of hydrogen-bond acceptors (Lipinski definition) is 3. The first-order valence-electron chi connectivity index (χ1n) is 3.60. The van der Waals surface area contributed by atoms with Gasteiger partial charge >= 0.3 is 0 Å². The minimum atomic E-state index is -1.18. The molecule has 0 amide bonds. The summed E-state index contributed by atoms with van der Waals surface area (Å²) in [5.41, 5.74) is 4.25. The molecule has 0 bridgehead atoms. The van der Waals surface area contributed by atoms with Crippen molar-refractivity contribution in [3.05, 3.63) is 0 Å². The van der Waals surface area contributed by atoms with Gasteiger partial charge in [0, 0.05) is 13.0 Å². The minimum Gasteiger partial charge on any atom is -0.396 e. The fraction of sp³-hybridized carbons (Fsp3) is 1.00. The lowest BCUT2D eigenvalue weighted by molar-refractivity contribution is 0.00341. The standard InChI is InChI=1S/C7H17NO2/c1-6(2)5-7(8,10)3-4-9/h6,9-10H,3-5,8H2,1-2H3/t7-/m1/s1. The van der Waals surface area contributed by atoms with Gasteiger partial charge in [-0.25, -0.2) is 0 Å². The Kier molecular flexibility index (Phi) is 3.86. The van der Waals surface area contributed by atoms with Gasteiger partial charge in [0.1, 0.15) is 5.72 Å². The highest BCUT2D eigenvalue weighted by molar-refractivity contribution is 4.71. The van der Waals surface area contributed by atoms with Gasteiger partial charge in [-0.3, -0.25) is 0 Å². The van der Waals surface area contributed by atoms with Crippen LogP contribution in [0.25, 0.3) is 0 Å². The van der Waals surface area contributed by atoms with E-state index in [9.17, 15) is 5.11 Å². The Morgan fingerprint density at radius 2 is 2.00 bits per heavy atom. The zero-order valence-electron chi connectivity index (χ0n) is 6.67. The number of aliphatic hydroxyl groups is 2. The molecule has 0 aromatic rings. The molecule has 10 heavy (non-hydrogen) atoms. The van der Waals surface area contributed by atoms with Crippen LogP contribution in [0.3, 0.4) is 0 Å². The Hall–Kier alpha value is -0.120. The summed E-state index contributed by atoms with van der Waals surface area (Å²) in [6.07, 6.45) is 0.790. The van der Waals surface area contributed by atoms with Crippen molar-refractivity contribution in [1.82, 2.24) is 0 Å². The molecule has 0 aromatic heterocycles. The Morgan fingerprint density at radius 1 is 1.50 bits per heavy atom. The Bertz CT molecular complexity index is 91.6. The minimum absolute atomic E-state index is 0.0558. The lowest BCUT2D eigenvalue weighted by Crippen LogP contribution is -2.41. The highest BCUT2D eigenvalue weighted by Crippen LogP contribution is 2.13. The van der Waals surface area contributed by atoms with Gasteiger partial charge in [-0.05, 0) is 12.3 Å². The van der Waals surface area contributed by atoms with E-state index in [0.717, 1.165) is 0 Å². The first-order valence-corrected chi connectivity index (χ1v) is 3.60. The third-order valence-electron chi connectivity index (χ3n) is 1.31. The van der Waals surface area contributed by atoms with Gasteiger partial charge in [0.05, 0.1) is 0 Å². The first-order chi connectivity index (χ1) is 4.48. The van der Waals surface area contributed by atoms with Crippen molar-refractivity contribution in [1.29, 1.82) is 0 Å². The molecule has 3 heteroatoms. The highest BCUT2D eigenvalue weighted by atomic mass is 16.3. The van der Waals surface area contributed by atoms with E-state index in [1.54, 1.807) is 0 Å². The molecule has 0 aliphatic heterocycles. The summed E-state index contributed by atoms with van der Waals surface area (Å²) in [6, 6.07) is 0. The third kappa shape index (κ3) is 4.73. The van der Waals surface area contributed by atoms with E-state index in [0.29, 0.717) is 12.3 Å². The number of hydrogen-bond donors (Lipinski definition) is 3. The molecule has 3 nitrogen and oxygen atoms in total. The second-order valence-electron chi connectivity index (χ2n) is 3.18. The quantitative estimate of drug-likeness (QED) is 0.493. The van der Waals surface area contributed by atoms with Crippen LogP contribution >= 0.6 is 0 Å². The molecule has 1 atom stereocenters. The van der Waals surface area contributed by atoms with Crippen LogP contribution in [0.1, 0.15) is 26.7 Å². The lowest BCUT2D eigenvalue weighted by atomic mass is 9.99. The van der Waals surface area contributed by atoms with Gasteiger partial charge in [0.2, 0.25) is 0 Å². The van der Waals surface area contributed by atoms with Crippen LogP contribution in [0.15, 0.2) is 0 Å². The Balaban J connectivity index is 3.63. The van der Waals surface area contributed by atoms with Gasteiger partial charge in [-0.2, -0.15) is 0 Å². The van der Waals surface area contributed by atoms with Crippen LogP contribution in [-0.2, 0) is 0 Å². The zero-order chi connectivity index (χ0) is 8.20. The fourth-order valence-electron chi connectivity index (χ4n) is 1.00. The van der Waals surface area contributed by atoms with Crippen molar-refractivity contribution in [2.75, 3.05) is 6.61 Å². The van der Waals surface area contributed by atoms with E-state index in [4.69, 9.17) is 10.8 Å². The van der Waals surface area contributed by atoms with E-state index in [1.807, 2.05) is 13.8 Å². The summed E-state index contributed by atoms with van der Waals surface area (Å²) in [6.45, 7) is 3.91. The molecule has 4 N–H and O–H groups in total. The SMILES string of the molecule is CC(C)C[C@](N)(O)CCO. The molecule has 0 aromatic carbocycles. The molecule has 0 rings (SSSR count). The van der Waals surface area contributed by atoms with Crippen LogP contribution < -0.4 is 5.73 Å². The smallest absolute Gasteiger partial charge is 0.116 e. The molecular weight excluding hydrogens is 130 g/mol. The molecular formula is C7H17NO2. The van der Waals surface area contributed by atoms with Crippen LogP contribution in [0.4, 0.5) is 0 Å². The number of nitrogens with two attached hydrogens (primary N) is 1. The van der Waals surface area contributed by atoms with Gasteiger partial charge in [-0.15, -0.1) is 0 Å². The Labute approximate surface area is 61.9 Å². The molecule has 0 saturated heterocycles. The van der Waals surface area contributed by atoms with Gasteiger partial charge in [-0.1, -0.05) is 13.8 Å². The molecule has 0 aliphatic rings. The van der Waals surface area contributed by atoms with Crippen LogP contribution in [-0.4, -0.2) is 22.5 Å². The van der Waals surface area contributed by atoms with Crippen LogP contribution in [0.2, 0.25) is 0 Å². The molecule has 0 fully saturated rings. The Morgan fingerprint density at radius 3 is 2.30 bits per heavy atom. The summed E-state index contributed by atoms with van der Waals surface area (Å²) in [4.78, 5) is 0. The van der Waals surface area contributed by atoms with E-state index >= 15 is 0 Å². The predicted octanol–water partition coefficient (Wildman–Crippen LogP) is 0.0622. The lowest BCUT2D eigenvalue weighted by Gasteiger charge is -2.23. The molecule has 62 valence electrons. The maximum absolute atomic E-state index is 9.30. The summed E-state index contributed by atoms with van der Waals surface area (Å²) in [7, 11) is 0. The normalized spacial score (nSPS) is 17.4. The van der Waals surface area contributed by atoms with Crippen molar-refractivity contribution in [2.24, 2.45) is 11.7 Å². The maximum atomic E-state index is 9.30. The fourth-order valence-corrected chi connectivity index (χ4v) is 1.00. The summed E-state index contributed by atoms with van der Waals surface area (Å²) in [5, 5.41) is 17.8. The topological polar surface area (TPSA) is 66.5 Å². The van der Waals surface area contributed by atoms with Gasteiger partial charge in [0.25, 0.3) is 0 Å². The summed E-state index contributed by atoms with van der Waals surface area (Å²) in [5.74, 6) is 0.363. The average Bonchev–Trinajstić information content (AvgIpc) is 1.59. The van der Waals surface area contributed by atoms with Crippen LogP contribution in [0.5, 0.6) is 0 Å². The molecule has 0 saturated carbocycles. The van der Waals surface area contributed by atoms with Crippen molar-refractivity contribution in [3.63, 3.8) is 0 Å². The number of aliphatic hydroxyl groups excluding tert-OH is 1. The largest absolute Gasteiger partial charge is 0.396 e.